The summed E-state index contributed by atoms with van der Waals surface area (Å²) in [5.74, 6) is -0.708. The number of hydrogen-bond acceptors (Lipinski definition) is 3. The number of likely N-dealkylation sites (N-methyl/N-ethyl adjacent to an activating group) is 1. The van der Waals surface area contributed by atoms with E-state index in [4.69, 9.17) is 16.3 Å². The molecule has 0 aliphatic carbocycles. The third-order valence-electron chi connectivity index (χ3n) is 4.46. The van der Waals surface area contributed by atoms with E-state index in [1.807, 2.05) is 0 Å². The van der Waals surface area contributed by atoms with Crippen LogP contribution in [0.3, 0.4) is 0 Å². The van der Waals surface area contributed by atoms with Gasteiger partial charge in [-0.25, -0.2) is 4.68 Å². The molecular formula is C18H19ClF3N3O2. The van der Waals surface area contributed by atoms with Crippen LogP contribution in [-0.2, 0) is 10.9 Å². The smallest absolute Gasteiger partial charge is 0.376 e. The van der Waals surface area contributed by atoms with Crippen molar-refractivity contribution in [1.82, 2.24) is 14.7 Å². The average Bonchev–Trinajstić information content (AvgIpc) is 3.29. The van der Waals surface area contributed by atoms with Gasteiger partial charge >= 0.3 is 6.18 Å². The molecule has 0 saturated carbocycles. The Hall–Kier alpha value is -2.06. The average molecular weight is 402 g/mol. The molecule has 5 nitrogen and oxygen atoms in total. The molecule has 1 aromatic carbocycles. The van der Waals surface area contributed by atoms with Gasteiger partial charge in [-0.3, -0.25) is 4.79 Å². The van der Waals surface area contributed by atoms with Crippen molar-refractivity contribution in [2.75, 3.05) is 19.7 Å². The number of ether oxygens (including phenoxy) is 1. The zero-order valence-corrected chi connectivity index (χ0v) is 15.4. The first-order valence-corrected chi connectivity index (χ1v) is 9.01. The zero-order valence-electron chi connectivity index (χ0n) is 14.7. The molecule has 1 aliphatic rings. The van der Waals surface area contributed by atoms with Gasteiger partial charge in [-0.2, -0.15) is 18.3 Å². The summed E-state index contributed by atoms with van der Waals surface area (Å²) in [4.78, 5) is 14.2. The molecule has 1 unspecified atom stereocenters. The van der Waals surface area contributed by atoms with E-state index in [1.165, 1.54) is 29.2 Å². The highest BCUT2D eigenvalue weighted by molar-refractivity contribution is 6.30. The molecule has 1 aromatic heterocycles. The van der Waals surface area contributed by atoms with Crippen molar-refractivity contribution in [3.05, 3.63) is 46.7 Å². The lowest BCUT2D eigenvalue weighted by atomic mass is 10.1. The molecule has 27 heavy (non-hydrogen) atoms. The minimum atomic E-state index is -4.75. The van der Waals surface area contributed by atoms with Crippen LogP contribution in [0, 0.1) is 0 Å². The van der Waals surface area contributed by atoms with Gasteiger partial charge in [-0.1, -0.05) is 11.6 Å². The maximum absolute atomic E-state index is 13.8. The van der Waals surface area contributed by atoms with Crippen LogP contribution in [0.5, 0.6) is 0 Å². The third kappa shape index (κ3) is 4.27. The van der Waals surface area contributed by atoms with Gasteiger partial charge in [-0.05, 0) is 44.0 Å². The first-order chi connectivity index (χ1) is 12.8. The van der Waals surface area contributed by atoms with Crippen LogP contribution < -0.4 is 0 Å². The van der Waals surface area contributed by atoms with Gasteiger partial charge in [0.2, 0.25) is 0 Å². The summed E-state index contributed by atoms with van der Waals surface area (Å²) < 4.78 is 47.5. The van der Waals surface area contributed by atoms with E-state index in [9.17, 15) is 18.0 Å². The van der Waals surface area contributed by atoms with Gasteiger partial charge in [0.1, 0.15) is 0 Å². The summed E-state index contributed by atoms with van der Waals surface area (Å²) in [6.07, 6.45) is -2.24. The van der Waals surface area contributed by atoms with Crippen LogP contribution in [0.25, 0.3) is 5.69 Å². The number of amides is 1. The molecule has 1 fully saturated rings. The Labute approximate surface area is 159 Å². The van der Waals surface area contributed by atoms with Gasteiger partial charge < -0.3 is 9.64 Å². The molecule has 1 atom stereocenters. The van der Waals surface area contributed by atoms with Gasteiger partial charge in [0.15, 0.2) is 5.69 Å². The second-order valence-electron chi connectivity index (χ2n) is 6.27. The second kappa shape index (κ2) is 7.90. The molecule has 1 aliphatic heterocycles. The van der Waals surface area contributed by atoms with Crippen molar-refractivity contribution in [2.24, 2.45) is 0 Å². The van der Waals surface area contributed by atoms with E-state index >= 15 is 0 Å². The van der Waals surface area contributed by atoms with E-state index in [0.29, 0.717) is 11.6 Å². The summed E-state index contributed by atoms with van der Waals surface area (Å²) in [5, 5.41) is 4.22. The van der Waals surface area contributed by atoms with Crippen molar-refractivity contribution in [3.8, 4) is 5.69 Å². The number of carbonyl (C=O) groups is 1. The van der Waals surface area contributed by atoms with Crippen LogP contribution in [-0.4, -0.2) is 46.4 Å². The van der Waals surface area contributed by atoms with Gasteiger partial charge in [0.05, 0.1) is 23.6 Å². The monoisotopic (exact) mass is 401 g/mol. The van der Waals surface area contributed by atoms with Crippen molar-refractivity contribution in [2.45, 2.75) is 32.0 Å². The maximum Gasteiger partial charge on any atom is 0.434 e. The first-order valence-electron chi connectivity index (χ1n) is 8.63. The fourth-order valence-electron chi connectivity index (χ4n) is 3.12. The zero-order chi connectivity index (χ0) is 19.6. The number of halogens is 4. The maximum atomic E-state index is 13.8. The highest BCUT2D eigenvalue weighted by Gasteiger charge is 2.41. The Balaban J connectivity index is 1.96. The first kappa shape index (κ1) is 19.7. The van der Waals surface area contributed by atoms with Gasteiger partial charge in [0.25, 0.3) is 5.91 Å². The SMILES string of the molecule is CCN(CC1CCCO1)C(=O)c1cnn(-c2ccc(Cl)cc2)c1C(F)(F)F. The second-order valence-corrected chi connectivity index (χ2v) is 6.71. The quantitative estimate of drug-likeness (QED) is 0.755. The van der Waals surface area contributed by atoms with Gasteiger partial charge in [-0.15, -0.1) is 0 Å². The molecule has 3 rings (SSSR count). The summed E-state index contributed by atoms with van der Waals surface area (Å²) in [6.45, 7) is 2.88. The van der Waals surface area contributed by atoms with Crippen molar-refractivity contribution < 1.29 is 22.7 Å². The highest BCUT2D eigenvalue weighted by Crippen LogP contribution is 2.34. The molecule has 1 amide bonds. The summed E-state index contributed by atoms with van der Waals surface area (Å²) in [6, 6.07) is 5.78. The van der Waals surface area contributed by atoms with E-state index < -0.39 is 23.3 Å². The largest absolute Gasteiger partial charge is 0.434 e. The minimum absolute atomic E-state index is 0.144. The fourth-order valence-corrected chi connectivity index (χ4v) is 3.24. The van der Waals surface area contributed by atoms with Crippen LogP contribution in [0.2, 0.25) is 5.02 Å². The predicted octanol–water partition coefficient (Wildman–Crippen LogP) is 4.19. The summed E-state index contributed by atoms with van der Waals surface area (Å²) >= 11 is 5.80. The molecule has 0 N–H and O–H groups in total. The fraction of sp³-hybridized carbons (Fsp3) is 0.444. The van der Waals surface area contributed by atoms with Crippen LogP contribution >= 0.6 is 11.6 Å². The van der Waals surface area contributed by atoms with Crippen molar-refractivity contribution in [1.29, 1.82) is 0 Å². The molecule has 0 spiro atoms. The van der Waals surface area contributed by atoms with E-state index in [0.717, 1.165) is 23.7 Å². The Morgan fingerprint density at radius 1 is 1.37 bits per heavy atom. The third-order valence-corrected chi connectivity index (χ3v) is 4.71. The van der Waals surface area contributed by atoms with Crippen molar-refractivity contribution >= 4 is 17.5 Å². The number of aromatic nitrogens is 2. The molecule has 2 heterocycles. The highest BCUT2D eigenvalue weighted by atomic mass is 35.5. The van der Waals surface area contributed by atoms with E-state index in [-0.39, 0.29) is 24.9 Å². The van der Waals surface area contributed by atoms with Crippen LogP contribution in [0.15, 0.2) is 30.5 Å². The normalized spacial score (nSPS) is 17.3. The van der Waals surface area contributed by atoms with Gasteiger partial charge in [0, 0.05) is 24.7 Å². The Bertz CT molecular complexity index is 799. The number of carbonyl (C=O) groups excluding carboxylic acids is 1. The van der Waals surface area contributed by atoms with Crippen LogP contribution in [0.1, 0.15) is 35.8 Å². The van der Waals surface area contributed by atoms with E-state index in [1.54, 1.807) is 6.92 Å². The minimum Gasteiger partial charge on any atom is -0.376 e. The Morgan fingerprint density at radius 3 is 2.63 bits per heavy atom. The molecular weight excluding hydrogens is 383 g/mol. The van der Waals surface area contributed by atoms with Crippen LogP contribution in [0.4, 0.5) is 13.2 Å². The van der Waals surface area contributed by atoms with Crippen molar-refractivity contribution in [3.63, 3.8) is 0 Å². The topological polar surface area (TPSA) is 47.4 Å². The lowest BCUT2D eigenvalue weighted by molar-refractivity contribution is -0.143. The molecule has 146 valence electrons. The number of alkyl halides is 3. The lowest BCUT2D eigenvalue weighted by Crippen LogP contribution is -2.38. The number of rotatable bonds is 5. The molecule has 0 radical (unpaired) electrons. The summed E-state index contributed by atoms with van der Waals surface area (Å²) in [7, 11) is 0. The number of hydrogen-bond donors (Lipinski definition) is 0. The lowest BCUT2D eigenvalue weighted by Gasteiger charge is -2.24. The Morgan fingerprint density at radius 2 is 2.07 bits per heavy atom. The summed E-state index contributed by atoms with van der Waals surface area (Å²) in [5.41, 5.74) is -1.40. The Kier molecular flexibility index (Phi) is 5.76. The molecule has 9 heteroatoms. The molecule has 2 aromatic rings. The molecule has 0 bridgehead atoms. The van der Waals surface area contributed by atoms with E-state index in [2.05, 4.69) is 5.10 Å². The number of benzene rings is 1. The predicted molar refractivity (Wildman–Crippen MR) is 94.1 cm³/mol. The molecule has 1 saturated heterocycles. The number of nitrogens with zero attached hydrogens (tertiary/aromatic N) is 3. The standard InChI is InChI=1S/C18H19ClF3N3O2/c1-2-24(11-14-4-3-9-27-14)17(26)15-10-23-25(16(15)18(20,21)22)13-7-5-12(19)6-8-13/h5-8,10,14H,2-4,9,11H2,1H3.